The number of benzene rings is 1. The van der Waals surface area contributed by atoms with E-state index in [0.717, 1.165) is 56.6 Å². The molecule has 28 heavy (non-hydrogen) atoms. The molecule has 3 heterocycles. The quantitative estimate of drug-likeness (QED) is 0.775. The summed E-state index contributed by atoms with van der Waals surface area (Å²) in [6.07, 6.45) is 6.62. The lowest BCUT2D eigenvalue weighted by atomic mass is 9.95. The van der Waals surface area contributed by atoms with Gasteiger partial charge in [-0.05, 0) is 63.9 Å². The Kier molecular flexibility index (Phi) is 6.00. The van der Waals surface area contributed by atoms with Gasteiger partial charge in [0.2, 0.25) is 5.91 Å². The SMILES string of the molecule is O=C(NCCCN1CCCC1)C1CCN(c2ncnc3c(F)cccc23)CC1. The summed E-state index contributed by atoms with van der Waals surface area (Å²) >= 11 is 0. The summed E-state index contributed by atoms with van der Waals surface area (Å²) in [5.74, 6) is 0.644. The molecule has 1 aromatic heterocycles. The number of hydrogen-bond acceptors (Lipinski definition) is 5. The summed E-state index contributed by atoms with van der Waals surface area (Å²) in [7, 11) is 0. The smallest absolute Gasteiger partial charge is 0.223 e. The Bertz CT molecular complexity index is 816. The van der Waals surface area contributed by atoms with Crippen LogP contribution in [0.1, 0.15) is 32.1 Å². The van der Waals surface area contributed by atoms with Gasteiger partial charge in [-0.25, -0.2) is 14.4 Å². The van der Waals surface area contributed by atoms with Crippen molar-refractivity contribution in [3.8, 4) is 0 Å². The molecule has 2 fully saturated rings. The number of carbonyl (C=O) groups excluding carboxylic acids is 1. The van der Waals surface area contributed by atoms with Gasteiger partial charge in [0.1, 0.15) is 23.5 Å². The number of hydrogen-bond donors (Lipinski definition) is 1. The predicted molar refractivity (Wildman–Crippen MR) is 108 cm³/mol. The van der Waals surface area contributed by atoms with E-state index in [1.54, 1.807) is 6.07 Å². The van der Waals surface area contributed by atoms with Crippen LogP contribution in [0.4, 0.5) is 10.2 Å². The highest BCUT2D eigenvalue weighted by atomic mass is 19.1. The molecule has 0 atom stereocenters. The van der Waals surface area contributed by atoms with Crippen molar-refractivity contribution < 1.29 is 9.18 Å². The molecular weight excluding hydrogens is 357 g/mol. The second-order valence-corrected chi connectivity index (χ2v) is 7.79. The van der Waals surface area contributed by atoms with E-state index in [0.29, 0.717) is 5.52 Å². The van der Waals surface area contributed by atoms with Gasteiger partial charge in [-0.2, -0.15) is 0 Å². The van der Waals surface area contributed by atoms with Crippen LogP contribution >= 0.6 is 0 Å². The van der Waals surface area contributed by atoms with E-state index in [4.69, 9.17) is 0 Å². The van der Waals surface area contributed by atoms with Gasteiger partial charge in [-0.3, -0.25) is 4.79 Å². The number of carbonyl (C=O) groups is 1. The van der Waals surface area contributed by atoms with Gasteiger partial charge in [0.25, 0.3) is 0 Å². The van der Waals surface area contributed by atoms with Crippen molar-refractivity contribution in [1.29, 1.82) is 0 Å². The highest BCUT2D eigenvalue weighted by molar-refractivity contribution is 5.89. The molecule has 2 aliphatic rings. The number of halogens is 1. The highest BCUT2D eigenvalue weighted by Crippen LogP contribution is 2.28. The largest absolute Gasteiger partial charge is 0.356 e. The van der Waals surface area contributed by atoms with E-state index >= 15 is 0 Å². The molecule has 7 heteroatoms. The molecule has 150 valence electrons. The van der Waals surface area contributed by atoms with E-state index in [1.807, 2.05) is 6.07 Å². The fourth-order valence-electron chi connectivity index (χ4n) is 4.31. The molecule has 0 aliphatic carbocycles. The third-order valence-corrected chi connectivity index (χ3v) is 5.91. The number of amides is 1. The molecule has 0 unspecified atom stereocenters. The molecule has 0 spiro atoms. The van der Waals surface area contributed by atoms with E-state index in [9.17, 15) is 9.18 Å². The summed E-state index contributed by atoms with van der Waals surface area (Å²) < 4.78 is 14.0. The second kappa shape index (κ2) is 8.82. The summed E-state index contributed by atoms with van der Waals surface area (Å²) in [6, 6.07) is 4.96. The first-order valence-corrected chi connectivity index (χ1v) is 10.4. The van der Waals surface area contributed by atoms with Gasteiger partial charge < -0.3 is 15.1 Å². The number of rotatable bonds is 6. The van der Waals surface area contributed by atoms with Crippen LogP contribution in [0.2, 0.25) is 0 Å². The number of aromatic nitrogens is 2. The van der Waals surface area contributed by atoms with Gasteiger partial charge in [-0.1, -0.05) is 6.07 Å². The van der Waals surface area contributed by atoms with Crippen molar-refractivity contribution in [2.75, 3.05) is 44.2 Å². The fraction of sp³-hybridized carbons (Fsp3) is 0.571. The minimum absolute atomic E-state index is 0.0490. The molecule has 2 aliphatic heterocycles. The third-order valence-electron chi connectivity index (χ3n) is 5.91. The lowest BCUT2D eigenvalue weighted by Crippen LogP contribution is -2.41. The Labute approximate surface area is 165 Å². The Morgan fingerprint density at radius 3 is 2.71 bits per heavy atom. The van der Waals surface area contributed by atoms with Crippen molar-refractivity contribution in [2.45, 2.75) is 32.1 Å². The number of fused-ring (bicyclic) bond motifs is 1. The van der Waals surface area contributed by atoms with Crippen molar-refractivity contribution in [1.82, 2.24) is 20.2 Å². The topological polar surface area (TPSA) is 61.4 Å². The maximum absolute atomic E-state index is 14.0. The number of anilines is 1. The molecule has 1 aromatic carbocycles. The zero-order valence-electron chi connectivity index (χ0n) is 16.2. The van der Waals surface area contributed by atoms with Gasteiger partial charge in [0.15, 0.2) is 0 Å². The number of para-hydroxylation sites is 1. The highest BCUT2D eigenvalue weighted by Gasteiger charge is 2.26. The van der Waals surface area contributed by atoms with E-state index in [2.05, 4.69) is 25.1 Å². The zero-order valence-corrected chi connectivity index (χ0v) is 16.2. The number of likely N-dealkylation sites (tertiary alicyclic amines) is 1. The van der Waals surface area contributed by atoms with Gasteiger partial charge >= 0.3 is 0 Å². The standard InChI is InChI=1S/C21H28FN5O/c22-18-6-3-5-17-19(18)24-15-25-20(17)27-13-7-16(8-14-27)21(28)23-9-4-12-26-10-1-2-11-26/h3,5-6,15-16H,1-2,4,7-14H2,(H,23,28). The second-order valence-electron chi connectivity index (χ2n) is 7.79. The molecule has 0 radical (unpaired) electrons. The van der Waals surface area contributed by atoms with Crippen LogP contribution in [-0.4, -0.2) is 60.0 Å². The van der Waals surface area contributed by atoms with Crippen LogP contribution in [0.15, 0.2) is 24.5 Å². The first-order valence-electron chi connectivity index (χ1n) is 10.4. The predicted octanol–water partition coefficient (Wildman–Crippen LogP) is 2.59. The van der Waals surface area contributed by atoms with Crippen LogP contribution in [0, 0.1) is 11.7 Å². The lowest BCUT2D eigenvalue weighted by molar-refractivity contribution is -0.125. The zero-order chi connectivity index (χ0) is 19.3. The van der Waals surface area contributed by atoms with Crippen molar-refractivity contribution >= 4 is 22.6 Å². The monoisotopic (exact) mass is 385 g/mol. The van der Waals surface area contributed by atoms with Crippen LogP contribution in [0.25, 0.3) is 10.9 Å². The summed E-state index contributed by atoms with van der Waals surface area (Å²) in [6.45, 7) is 5.73. The fourth-order valence-corrected chi connectivity index (χ4v) is 4.31. The molecule has 6 nitrogen and oxygen atoms in total. The maximum Gasteiger partial charge on any atom is 0.223 e. The van der Waals surface area contributed by atoms with E-state index < -0.39 is 0 Å². The van der Waals surface area contributed by atoms with Crippen LogP contribution < -0.4 is 10.2 Å². The van der Waals surface area contributed by atoms with E-state index in [-0.39, 0.29) is 17.6 Å². The summed E-state index contributed by atoms with van der Waals surface area (Å²) in [5.41, 5.74) is 0.352. The summed E-state index contributed by atoms with van der Waals surface area (Å²) in [4.78, 5) is 25.5. The maximum atomic E-state index is 14.0. The average Bonchev–Trinajstić information content (AvgIpc) is 3.25. The van der Waals surface area contributed by atoms with Gasteiger partial charge in [-0.15, -0.1) is 0 Å². The number of nitrogens with zero attached hydrogens (tertiary/aromatic N) is 4. The number of nitrogens with one attached hydrogen (secondary N) is 1. The third kappa shape index (κ3) is 4.24. The molecule has 0 saturated carbocycles. The molecule has 2 saturated heterocycles. The van der Waals surface area contributed by atoms with Crippen LogP contribution in [0.3, 0.4) is 0 Å². The Hall–Kier alpha value is -2.28. The Morgan fingerprint density at radius 1 is 1.14 bits per heavy atom. The van der Waals surface area contributed by atoms with E-state index in [1.165, 1.54) is 38.3 Å². The minimum atomic E-state index is -0.329. The minimum Gasteiger partial charge on any atom is -0.356 e. The average molecular weight is 385 g/mol. The molecule has 1 N–H and O–H groups in total. The van der Waals surface area contributed by atoms with Crippen LogP contribution in [0.5, 0.6) is 0 Å². The molecule has 2 aromatic rings. The molecule has 1 amide bonds. The van der Waals surface area contributed by atoms with Crippen molar-refractivity contribution in [2.24, 2.45) is 5.92 Å². The lowest BCUT2D eigenvalue weighted by Gasteiger charge is -2.32. The molecular formula is C21H28FN5O. The van der Waals surface area contributed by atoms with Gasteiger partial charge in [0.05, 0.1) is 0 Å². The normalized spacial score (nSPS) is 18.7. The van der Waals surface area contributed by atoms with Crippen LogP contribution in [-0.2, 0) is 4.79 Å². The van der Waals surface area contributed by atoms with Crippen molar-refractivity contribution in [3.63, 3.8) is 0 Å². The summed E-state index contributed by atoms with van der Waals surface area (Å²) in [5, 5.41) is 3.84. The Morgan fingerprint density at radius 2 is 1.93 bits per heavy atom. The Balaban J connectivity index is 1.27. The van der Waals surface area contributed by atoms with Crippen molar-refractivity contribution in [3.05, 3.63) is 30.3 Å². The molecule has 0 bridgehead atoms. The van der Waals surface area contributed by atoms with Gasteiger partial charge in [0, 0.05) is 30.9 Å². The first-order chi connectivity index (χ1) is 13.7. The molecule has 4 rings (SSSR count). The first kappa shape index (κ1) is 19.1. The number of piperidine rings is 1.